The fourth-order valence-electron chi connectivity index (χ4n) is 1.43. The number of hydrogen-bond donors (Lipinski definition) is 3. The van der Waals surface area contributed by atoms with E-state index in [2.05, 4.69) is 5.32 Å². The summed E-state index contributed by atoms with van der Waals surface area (Å²) < 4.78 is 12.7. The van der Waals surface area contributed by atoms with Crippen LogP contribution < -0.4 is 11.1 Å². The molecule has 0 saturated carbocycles. The van der Waals surface area contributed by atoms with Crippen molar-refractivity contribution in [2.45, 2.75) is 25.9 Å². The summed E-state index contributed by atoms with van der Waals surface area (Å²) in [5, 5.41) is 12.4. The molecule has 2 atom stereocenters. The van der Waals surface area contributed by atoms with Crippen LogP contribution in [0.3, 0.4) is 0 Å². The van der Waals surface area contributed by atoms with Gasteiger partial charge in [0, 0.05) is 17.7 Å². The summed E-state index contributed by atoms with van der Waals surface area (Å²) in [5.74, 6) is -1.12. The number of phenolic OH excluding ortho intramolecular Hbond substituents is 1. The van der Waals surface area contributed by atoms with Gasteiger partial charge in [0.2, 0.25) is 5.91 Å². The molecule has 0 fully saturated rings. The molecule has 16 heavy (non-hydrogen) atoms. The number of carbonyl (C=O) groups excluding carboxylic acids is 1. The van der Waals surface area contributed by atoms with Gasteiger partial charge in [0.05, 0.1) is 6.04 Å². The van der Waals surface area contributed by atoms with Gasteiger partial charge in [0.1, 0.15) is 11.6 Å². The molecule has 5 heteroatoms. The average Bonchev–Trinajstić information content (AvgIpc) is 2.16. The van der Waals surface area contributed by atoms with Crippen molar-refractivity contribution < 1.29 is 14.3 Å². The van der Waals surface area contributed by atoms with Crippen molar-refractivity contribution in [3.05, 3.63) is 29.6 Å². The molecule has 0 heterocycles. The lowest BCUT2D eigenvalue weighted by Gasteiger charge is -2.18. The van der Waals surface area contributed by atoms with Gasteiger partial charge in [-0.15, -0.1) is 0 Å². The predicted molar refractivity (Wildman–Crippen MR) is 58.3 cm³/mol. The number of hydrogen-bond acceptors (Lipinski definition) is 3. The molecule has 0 aliphatic carbocycles. The second kappa shape index (κ2) is 4.94. The van der Waals surface area contributed by atoms with Crippen molar-refractivity contribution in [3.8, 4) is 5.75 Å². The largest absolute Gasteiger partial charge is 0.508 e. The summed E-state index contributed by atoms with van der Waals surface area (Å²) in [7, 11) is 0. The minimum atomic E-state index is -0.514. The van der Waals surface area contributed by atoms with E-state index in [-0.39, 0.29) is 11.8 Å². The van der Waals surface area contributed by atoms with Crippen LogP contribution in [0.4, 0.5) is 4.39 Å². The van der Waals surface area contributed by atoms with Crippen molar-refractivity contribution in [2.75, 3.05) is 0 Å². The number of aromatic hydroxyl groups is 1. The van der Waals surface area contributed by atoms with E-state index in [1.165, 1.54) is 12.1 Å². The number of primary amides is 1. The van der Waals surface area contributed by atoms with Crippen LogP contribution in [0.2, 0.25) is 0 Å². The molecule has 1 aromatic carbocycles. The molecule has 0 bridgehead atoms. The zero-order chi connectivity index (χ0) is 12.3. The third-order valence-electron chi connectivity index (χ3n) is 2.39. The molecule has 2 unspecified atom stereocenters. The molecule has 0 saturated heterocycles. The fraction of sp³-hybridized carbons (Fsp3) is 0.364. The highest BCUT2D eigenvalue weighted by Crippen LogP contribution is 2.24. The molecule has 4 N–H and O–H groups in total. The number of benzene rings is 1. The number of rotatable bonds is 4. The number of carbonyl (C=O) groups is 1. The van der Waals surface area contributed by atoms with Gasteiger partial charge < -0.3 is 10.8 Å². The summed E-state index contributed by atoms with van der Waals surface area (Å²) in [6, 6.07) is 2.95. The van der Waals surface area contributed by atoms with E-state index < -0.39 is 17.8 Å². The van der Waals surface area contributed by atoms with Gasteiger partial charge in [-0.2, -0.15) is 0 Å². The first-order valence-electron chi connectivity index (χ1n) is 4.95. The average molecular weight is 226 g/mol. The summed E-state index contributed by atoms with van der Waals surface area (Å²) in [4.78, 5) is 10.8. The molecule has 0 aliphatic heterocycles. The van der Waals surface area contributed by atoms with Crippen molar-refractivity contribution in [3.63, 3.8) is 0 Å². The molecule has 0 aliphatic rings. The molecular weight excluding hydrogens is 211 g/mol. The Morgan fingerprint density at radius 1 is 1.50 bits per heavy atom. The monoisotopic (exact) mass is 226 g/mol. The Bertz CT molecular complexity index is 396. The van der Waals surface area contributed by atoms with Crippen molar-refractivity contribution in [1.29, 1.82) is 0 Å². The summed E-state index contributed by atoms with van der Waals surface area (Å²) in [5.41, 5.74) is 5.62. The van der Waals surface area contributed by atoms with Gasteiger partial charge in [-0.25, -0.2) is 4.39 Å². The maximum atomic E-state index is 12.7. The Balaban J connectivity index is 2.80. The van der Waals surface area contributed by atoms with Crippen LogP contribution in [0, 0.1) is 5.82 Å². The maximum absolute atomic E-state index is 12.7. The molecule has 0 aromatic heterocycles. The fourth-order valence-corrected chi connectivity index (χ4v) is 1.43. The smallest absolute Gasteiger partial charge is 0.234 e. The topological polar surface area (TPSA) is 75.3 Å². The zero-order valence-electron chi connectivity index (χ0n) is 9.20. The molecule has 1 rings (SSSR count). The Labute approximate surface area is 93.3 Å². The predicted octanol–water partition coefficient (Wildman–Crippen LogP) is 1.06. The highest BCUT2D eigenvalue weighted by molar-refractivity contribution is 5.79. The first-order valence-corrected chi connectivity index (χ1v) is 4.95. The van der Waals surface area contributed by atoms with E-state index in [4.69, 9.17) is 5.73 Å². The van der Waals surface area contributed by atoms with Crippen molar-refractivity contribution in [1.82, 2.24) is 5.32 Å². The van der Waals surface area contributed by atoms with E-state index in [1.807, 2.05) is 0 Å². The van der Waals surface area contributed by atoms with Crippen LogP contribution in [-0.4, -0.2) is 17.1 Å². The van der Waals surface area contributed by atoms with E-state index in [0.29, 0.717) is 5.56 Å². The third-order valence-corrected chi connectivity index (χ3v) is 2.39. The Kier molecular flexibility index (Phi) is 3.84. The highest BCUT2D eigenvalue weighted by atomic mass is 19.1. The lowest BCUT2D eigenvalue weighted by Crippen LogP contribution is -2.40. The van der Waals surface area contributed by atoms with Gasteiger partial charge in [-0.3, -0.25) is 10.1 Å². The molecule has 1 amide bonds. The van der Waals surface area contributed by atoms with Crippen LogP contribution >= 0.6 is 0 Å². The maximum Gasteiger partial charge on any atom is 0.234 e. The van der Waals surface area contributed by atoms with Crippen molar-refractivity contribution >= 4 is 5.91 Å². The summed E-state index contributed by atoms with van der Waals surface area (Å²) in [6.07, 6.45) is 0. The minimum absolute atomic E-state index is 0.142. The molecular formula is C11H15FN2O2. The Morgan fingerprint density at radius 3 is 2.62 bits per heavy atom. The Morgan fingerprint density at radius 2 is 2.12 bits per heavy atom. The number of nitrogens with one attached hydrogen (secondary N) is 1. The van der Waals surface area contributed by atoms with Gasteiger partial charge in [0.15, 0.2) is 0 Å². The normalized spacial score (nSPS) is 14.4. The van der Waals surface area contributed by atoms with E-state index in [0.717, 1.165) is 6.07 Å². The van der Waals surface area contributed by atoms with Crippen LogP contribution in [0.25, 0.3) is 0 Å². The first-order chi connectivity index (χ1) is 7.41. The van der Waals surface area contributed by atoms with E-state index in [1.54, 1.807) is 13.8 Å². The standard InChI is InChI=1S/C11H15FN2O2/c1-6(14-7(2)11(13)16)9-4-3-8(12)5-10(9)15/h3-7,14-15H,1-2H3,(H2,13,16). The number of nitrogens with two attached hydrogens (primary N) is 1. The Hall–Kier alpha value is -1.62. The van der Waals surface area contributed by atoms with Crippen LogP contribution in [-0.2, 0) is 4.79 Å². The number of phenols is 1. The molecule has 0 radical (unpaired) electrons. The summed E-state index contributed by atoms with van der Waals surface area (Å²) in [6.45, 7) is 3.38. The van der Waals surface area contributed by atoms with Gasteiger partial charge >= 0.3 is 0 Å². The van der Waals surface area contributed by atoms with Gasteiger partial charge in [-0.05, 0) is 19.9 Å². The lowest BCUT2D eigenvalue weighted by atomic mass is 10.1. The van der Waals surface area contributed by atoms with E-state index in [9.17, 15) is 14.3 Å². The second-order valence-corrected chi connectivity index (χ2v) is 3.72. The first kappa shape index (κ1) is 12.4. The van der Waals surface area contributed by atoms with Crippen LogP contribution in [0.15, 0.2) is 18.2 Å². The van der Waals surface area contributed by atoms with E-state index >= 15 is 0 Å². The summed E-state index contributed by atoms with van der Waals surface area (Å²) >= 11 is 0. The second-order valence-electron chi connectivity index (χ2n) is 3.72. The molecule has 4 nitrogen and oxygen atoms in total. The van der Waals surface area contributed by atoms with Crippen LogP contribution in [0.1, 0.15) is 25.5 Å². The molecule has 88 valence electrons. The lowest BCUT2D eigenvalue weighted by molar-refractivity contribution is -0.119. The molecule has 1 aromatic rings. The van der Waals surface area contributed by atoms with Crippen LogP contribution in [0.5, 0.6) is 5.75 Å². The minimum Gasteiger partial charge on any atom is -0.508 e. The zero-order valence-corrected chi connectivity index (χ0v) is 9.20. The van der Waals surface area contributed by atoms with Gasteiger partial charge in [0.25, 0.3) is 0 Å². The third kappa shape index (κ3) is 2.93. The van der Waals surface area contributed by atoms with Crippen molar-refractivity contribution in [2.24, 2.45) is 5.73 Å². The highest BCUT2D eigenvalue weighted by Gasteiger charge is 2.16. The number of halogens is 1. The SMILES string of the molecule is CC(NC(C)c1ccc(F)cc1O)C(N)=O. The molecule has 0 spiro atoms. The number of amides is 1. The van der Waals surface area contributed by atoms with Gasteiger partial charge in [-0.1, -0.05) is 6.07 Å². The quantitative estimate of drug-likeness (QED) is 0.718.